The fourth-order valence-electron chi connectivity index (χ4n) is 1.55. The van der Waals surface area contributed by atoms with Crippen LogP contribution in [-0.4, -0.2) is 6.61 Å². The third-order valence-electron chi connectivity index (χ3n) is 2.35. The highest BCUT2D eigenvalue weighted by molar-refractivity contribution is 5.40. The molecule has 0 saturated heterocycles. The van der Waals surface area contributed by atoms with Gasteiger partial charge in [0, 0.05) is 12.1 Å². The summed E-state index contributed by atoms with van der Waals surface area (Å²) >= 11 is 0. The Morgan fingerprint density at radius 2 is 1.75 bits per heavy atom. The zero-order valence-corrected chi connectivity index (χ0v) is 9.10. The number of nitrogen functional groups attached to an aromatic ring is 1. The van der Waals surface area contributed by atoms with Crippen LogP contribution in [0.2, 0.25) is 0 Å². The van der Waals surface area contributed by atoms with Gasteiger partial charge in [-0.1, -0.05) is 30.3 Å². The molecule has 0 amide bonds. The molecule has 0 atom stereocenters. The lowest BCUT2D eigenvalue weighted by Crippen LogP contribution is -2.01. The van der Waals surface area contributed by atoms with Crippen molar-refractivity contribution in [2.24, 2.45) is 0 Å². The highest BCUT2D eigenvalue weighted by atomic mass is 16.5. The van der Waals surface area contributed by atoms with E-state index in [1.807, 2.05) is 48.5 Å². The molecule has 2 rings (SSSR count). The summed E-state index contributed by atoms with van der Waals surface area (Å²) in [6.45, 7) is 0.674. The largest absolute Gasteiger partial charge is 0.493 e. The summed E-state index contributed by atoms with van der Waals surface area (Å²) in [6.07, 6.45) is 0.875. The molecule has 16 heavy (non-hydrogen) atoms. The second kappa shape index (κ2) is 5.21. The SMILES string of the molecule is Nc1cccc(CCOc2ccccc2)c1. The molecule has 2 aromatic carbocycles. The van der Waals surface area contributed by atoms with E-state index in [4.69, 9.17) is 10.5 Å². The second-order valence-electron chi connectivity index (χ2n) is 3.66. The summed E-state index contributed by atoms with van der Waals surface area (Å²) in [4.78, 5) is 0. The number of rotatable bonds is 4. The fourth-order valence-corrected chi connectivity index (χ4v) is 1.55. The highest BCUT2D eigenvalue weighted by Gasteiger charge is 1.95. The summed E-state index contributed by atoms with van der Waals surface area (Å²) in [5, 5.41) is 0. The molecule has 0 radical (unpaired) electrons. The van der Waals surface area contributed by atoms with Crippen LogP contribution in [0.1, 0.15) is 5.56 Å². The Balaban J connectivity index is 1.85. The van der Waals surface area contributed by atoms with Crippen molar-refractivity contribution < 1.29 is 4.74 Å². The van der Waals surface area contributed by atoms with Crippen LogP contribution >= 0.6 is 0 Å². The molecule has 0 unspecified atom stereocenters. The lowest BCUT2D eigenvalue weighted by Gasteiger charge is -2.06. The maximum Gasteiger partial charge on any atom is 0.119 e. The molecule has 2 heteroatoms. The lowest BCUT2D eigenvalue weighted by molar-refractivity contribution is 0.322. The van der Waals surface area contributed by atoms with Gasteiger partial charge in [0.15, 0.2) is 0 Å². The van der Waals surface area contributed by atoms with Crippen LogP contribution in [-0.2, 0) is 6.42 Å². The van der Waals surface area contributed by atoms with Crippen molar-refractivity contribution in [2.45, 2.75) is 6.42 Å². The van der Waals surface area contributed by atoms with Gasteiger partial charge in [0.1, 0.15) is 5.75 Å². The molecule has 2 aromatic rings. The molecule has 0 aliphatic carbocycles. The number of nitrogens with two attached hydrogens (primary N) is 1. The smallest absolute Gasteiger partial charge is 0.119 e. The molecule has 0 heterocycles. The number of ether oxygens (including phenoxy) is 1. The van der Waals surface area contributed by atoms with Crippen LogP contribution in [0.25, 0.3) is 0 Å². The number of benzene rings is 2. The van der Waals surface area contributed by atoms with Gasteiger partial charge in [-0.15, -0.1) is 0 Å². The van der Waals surface area contributed by atoms with Crippen molar-refractivity contribution in [1.82, 2.24) is 0 Å². The Morgan fingerprint density at radius 1 is 0.938 bits per heavy atom. The van der Waals surface area contributed by atoms with Crippen molar-refractivity contribution >= 4 is 5.69 Å². The minimum Gasteiger partial charge on any atom is -0.493 e. The molecular formula is C14H15NO. The van der Waals surface area contributed by atoms with Gasteiger partial charge in [-0.2, -0.15) is 0 Å². The summed E-state index contributed by atoms with van der Waals surface area (Å²) in [6, 6.07) is 17.7. The highest BCUT2D eigenvalue weighted by Crippen LogP contribution is 2.10. The third-order valence-corrected chi connectivity index (χ3v) is 2.35. The van der Waals surface area contributed by atoms with Gasteiger partial charge < -0.3 is 10.5 Å². The predicted molar refractivity (Wildman–Crippen MR) is 66.5 cm³/mol. The molecular weight excluding hydrogens is 198 g/mol. The quantitative estimate of drug-likeness (QED) is 0.792. The van der Waals surface area contributed by atoms with Crippen LogP contribution in [0.5, 0.6) is 5.75 Å². The van der Waals surface area contributed by atoms with Crippen LogP contribution in [0.4, 0.5) is 5.69 Å². The van der Waals surface area contributed by atoms with Gasteiger partial charge in [0.05, 0.1) is 6.61 Å². The standard InChI is InChI=1S/C14H15NO/c15-13-6-4-5-12(11-13)9-10-16-14-7-2-1-3-8-14/h1-8,11H,9-10,15H2. The number of para-hydroxylation sites is 1. The van der Waals surface area contributed by atoms with Crippen LogP contribution in [0, 0.1) is 0 Å². The van der Waals surface area contributed by atoms with E-state index in [1.54, 1.807) is 0 Å². The summed E-state index contributed by atoms with van der Waals surface area (Å²) in [7, 11) is 0. The van der Waals surface area contributed by atoms with Gasteiger partial charge in [-0.3, -0.25) is 0 Å². The van der Waals surface area contributed by atoms with E-state index in [-0.39, 0.29) is 0 Å². The van der Waals surface area contributed by atoms with E-state index in [0.29, 0.717) is 6.61 Å². The lowest BCUT2D eigenvalue weighted by atomic mass is 10.1. The average Bonchev–Trinajstić information content (AvgIpc) is 2.30. The normalized spacial score (nSPS) is 10.0. The molecule has 82 valence electrons. The monoisotopic (exact) mass is 213 g/mol. The zero-order chi connectivity index (χ0) is 11.2. The van der Waals surface area contributed by atoms with E-state index < -0.39 is 0 Å². The van der Waals surface area contributed by atoms with E-state index in [2.05, 4.69) is 6.07 Å². The minimum atomic E-state index is 0.674. The summed E-state index contributed by atoms with van der Waals surface area (Å²) < 4.78 is 5.61. The fraction of sp³-hybridized carbons (Fsp3) is 0.143. The van der Waals surface area contributed by atoms with Crippen LogP contribution in [0.15, 0.2) is 54.6 Å². The van der Waals surface area contributed by atoms with Gasteiger partial charge >= 0.3 is 0 Å². The molecule has 0 aromatic heterocycles. The topological polar surface area (TPSA) is 35.2 Å². The number of hydrogen-bond acceptors (Lipinski definition) is 2. The van der Waals surface area contributed by atoms with Crippen LogP contribution < -0.4 is 10.5 Å². The number of hydrogen-bond donors (Lipinski definition) is 1. The number of anilines is 1. The Labute approximate surface area is 95.7 Å². The second-order valence-corrected chi connectivity index (χ2v) is 3.66. The Morgan fingerprint density at radius 3 is 2.50 bits per heavy atom. The molecule has 2 N–H and O–H groups in total. The van der Waals surface area contributed by atoms with Crippen molar-refractivity contribution in [3.63, 3.8) is 0 Å². The van der Waals surface area contributed by atoms with Crippen LogP contribution in [0.3, 0.4) is 0 Å². The van der Waals surface area contributed by atoms with E-state index >= 15 is 0 Å². The average molecular weight is 213 g/mol. The molecule has 2 nitrogen and oxygen atoms in total. The first-order valence-corrected chi connectivity index (χ1v) is 5.37. The van der Waals surface area contributed by atoms with Crippen molar-refractivity contribution in [1.29, 1.82) is 0 Å². The summed E-state index contributed by atoms with van der Waals surface area (Å²) in [5.41, 5.74) is 7.71. The van der Waals surface area contributed by atoms with Gasteiger partial charge in [0.2, 0.25) is 0 Å². The van der Waals surface area contributed by atoms with Gasteiger partial charge in [-0.05, 0) is 29.8 Å². The molecule has 0 aliphatic rings. The van der Waals surface area contributed by atoms with E-state index in [1.165, 1.54) is 5.56 Å². The molecule has 0 aliphatic heterocycles. The Kier molecular flexibility index (Phi) is 3.44. The first-order valence-electron chi connectivity index (χ1n) is 5.37. The zero-order valence-electron chi connectivity index (χ0n) is 9.10. The first-order chi connectivity index (χ1) is 7.84. The predicted octanol–water partition coefficient (Wildman–Crippen LogP) is 2.89. The van der Waals surface area contributed by atoms with Gasteiger partial charge in [0.25, 0.3) is 0 Å². The summed E-state index contributed by atoms with van der Waals surface area (Å²) in [5.74, 6) is 0.909. The maximum absolute atomic E-state index is 5.70. The van der Waals surface area contributed by atoms with Crippen molar-refractivity contribution in [3.8, 4) is 5.75 Å². The molecule has 0 bridgehead atoms. The van der Waals surface area contributed by atoms with Crippen molar-refractivity contribution in [2.75, 3.05) is 12.3 Å². The Bertz CT molecular complexity index is 439. The maximum atomic E-state index is 5.70. The minimum absolute atomic E-state index is 0.674. The van der Waals surface area contributed by atoms with E-state index in [0.717, 1.165) is 17.9 Å². The Hall–Kier alpha value is -1.96. The molecule has 0 saturated carbocycles. The third kappa shape index (κ3) is 3.02. The van der Waals surface area contributed by atoms with Crippen molar-refractivity contribution in [3.05, 3.63) is 60.2 Å². The molecule has 0 fully saturated rings. The first kappa shape index (κ1) is 10.6. The van der Waals surface area contributed by atoms with E-state index in [9.17, 15) is 0 Å². The van der Waals surface area contributed by atoms with Gasteiger partial charge in [-0.25, -0.2) is 0 Å². The molecule has 0 spiro atoms.